The van der Waals surface area contributed by atoms with Crippen LogP contribution >= 0.6 is 0 Å². The number of hydrogen-bond acceptors (Lipinski definition) is 2. The van der Waals surface area contributed by atoms with Crippen LogP contribution in [0.3, 0.4) is 0 Å². The van der Waals surface area contributed by atoms with Gasteiger partial charge in [0, 0.05) is 17.4 Å². The summed E-state index contributed by atoms with van der Waals surface area (Å²) in [6.45, 7) is 2.00. The zero-order chi connectivity index (χ0) is 15.1. The summed E-state index contributed by atoms with van der Waals surface area (Å²) in [6, 6.07) is 17.3. The highest BCUT2D eigenvalue weighted by atomic mass is 16.2. The molecule has 2 aromatic rings. The Bertz CT molecular complexity index is 584. The molecule has 0 aliphatic rings. The van der Waals surface area contributed by atoms with E-state index in [1.807, 2.05) is 37.3 Å². The van der Waals surface area contributed by atoms with Gasteiger partial charge in [0.2, 0.25) is 0 Å². The van der Waals surface area contributed by atoms with Crippen LogP contribution in [-0.2, 0) is 6.42 Å². The quantitative estimate of drug-likeness (QED) is 0.736. The van der Waals surface area contributed by atoms with Gasteiger partial charge in [-0.3, -0.25) is 0 Å². The second-order valence-corrected chi connectivity index (χ2v) is 5.15. The van der Waals surface area contributed by atoms with E-state index in [0.717, 1.165) is 12.8 Å². The number of aryl methyl sites for hydroxylation is 1. The Hall–Kier alpha value is -2.49. The Morgan fingerprint density at radius 3 is 2.62 bits per heavy atom. The van der Waals surface area contributed by atoms with E-state index in [1.54, 1.807) is 12.1 Å². The molecule has 1 unspecified atom stereocenters. The van der Waals surface area contributed by atoms with Crippen molar-refractivity contribution in [2.45, 2.75) is 25.8 Å². The number of nitrogens with two attached hydrogens (primary N) is 1. The number of urea groups is 1. The molecule has 4 heteroatoms. The molecule has 0 heterocycles. The maximum atomic E-state index is 11.9. The third-order valence-electron chi connectivity index (χ3n) is 3.23. The normalized spacial score (nSPS) is 11.7. The molecule has 4 nitrogen and oxygen atoms in total. The summed E-state index contributed by atoms with van der Waals surface area (Å²) >= 11 is 0. The maximum absolute atomic E-state index is 11.9. The molecule has 2 amide bonds. The third-order valence-corrected chi connectivity index (χ3v) is 3.23. The lowest BCUT2D eigenvalue weighted by molar-refractivity contribution is 0.248. The van der Waals surface area contributed by atoms with E-state index in [-0.39, 0.29) is 12.1 Å². The van der Waals surface area contributed by atoms with E-state index in [9.17, 15) is 4.79 Å². The number of nitrogen functional groups attached to an aromatic ring is 1. The number of nitrogens with one attached hydrogen (secondary N) is 2. The van der Waals surface area contributed by atoms with Crippen LogP contribution in [0.5, 0.6) is 0 Å². The first kappa shape index (κ1) is 14.9. The van der Waals surface area contributed by atoms with E-state index < -0.39 is 0 Å². The number of carbonyl (C=O) groups is 1. The van der Waals surface area contributed by atoms with Crippen molar-refractivity contribution >= 4 is 17.4 Å². The van der Waals surface area contributed by atoms with Gasteiger partial charge in [0.25, 0.3) is 0 Å². The van der Waals surface area contributed by atoms with Crippen LogP contribution in [0, 0.1) is 0 Å². The summed E-state index contributed by atoms with van der Waals surface area (Å²) in [5, 5.41) is 5.71. The molecule has 1 atom stereocenters. The summed E-state index contributed by atoms with van der Waals surface area (Å²) in [7, 11) is 0. The maximum Gasteiger partial charge on any atom is 0.319 e. The standard InChI is InChI=1S/C17H21N3O/c1-13(10-11-14-6-3-2-4-7-14)19-17(21)20-16-9-5-8-15(18)12-16/h2-9,12-13H,10-11,18H2,1H3,(H2,19,20,21). The third kappa shape index (κ3) is 5.18. The van der Waals surface area contributed by atoms with Crippen LogP contribution < -0.4 is 16.4 Å². The molecule has 0 spiro atoms. The zero-order valence-electron chi connectivity index (χ0n) is 12.2. The number of carbonyl (C=O) groups excluding carboxylic acids is 1. The van der Waals surface area contributed by atoms with Crippen molar-refractivity contribution in [3.8, 4) is 0 Å². The Morgan fingerprint density at radius 1 is 1.14 bits per heavy atom. The van der Waals surface area contributed by atoms with Crippen molar-refractivity contribution in [2.75, 3.05) is 11.1 Å². The van der Waals surface area contributed by atoms with Crippen LogP contribution in [0.15, 0.2) is 54.6 Å². The molecular weight excluding hydrogens is 262 g/mol. The average molecular weight is 283 g/mol. The second kappa shape index (κ2) is 7.33. The van der Waals surface area contributed by atoms with Gasteiger partial charge in [-0.1, -0.05) is 36.4 Å². The van der Waals surface area contributed by atoms with Gasteiger partial charge >= 0.3 is 6.03 Å². The Balaban J connectivity index is 1.77. The highest BCUT2D eigenvalue weighted by molar-refractivity contribution is 5.89. The molecule has 21 heavy (non-hydrogen) atoms. The first-order chi connectivity index (χ1) is 10.1. The summed E-state index contributed by atoms with van der Waals surface area (Å²) in [4.78, 5) is 11.9. The molecule has 110 valence electrons. The topological polar surface area (TPSA) is 67.2 Å². The van der Waals surface area contributed by atoms with Gasteiger partial charge in [0.05, 0.1) is 0 Å². The molecular formula is C17H21N3O. The molecule has 4 N–H and O–H groups in total. The molecule has 0 saturated carbocycles. The Kier molecular flexibility index (Phi) is 5.21. The molecule has 2 aromatic carbocycles. The van der Waals surface area contributed by atoms with E-state index in [2.05, 4.69) is 22.8 Å². The molecule has 0 aliphatic heterocycles. The fourth-order valence-corrected chi connectivity index (χ4v) is 2.11. The summed E-state index contributed by atoms with van der Waals surface area (Å²) in [5.74, 6) is 0. The van der Waals surface area contributed by atoms with E-state index >= 15 is 0 Å². The number of rotatable bonds is 5. The van der Waals surface area contributed by atoms with Gasteiger partial charge in [-0.25, -0.2) is 4.79 Å². The van der Waals surface area contributed by atoms with Crippen LogP contribution in [0.2, 0.25) is 0 Å². The number of benzene rings is 2. The van der Waals surface area contributed by atoms with Crippen molar-refractivity contribution in [2.24, 2.45) is 0 Å². The van der Waals surface area contributed by atoms with Gasteiger partial charge in [0.1, 0.15) is 0 Å². The molecule has 0 aliphatic carbocycles. The minimum atomic E-state index is -0.207. The smallest absolute Gasteiger partial charge is 0.319 e. The fraction of sp³-hybridized carbons (Fsp3) is 0.235. The summed E-state index contributed by atoms with van der Waals surface area (Å²) in [5.41, 5.74) is 8.28. The van der Waals surface area contributed by atoms with Crippen molar-refractivity contribution < 1.29 is 4.79 Å². The summed E-state index contributed by atoms with van der Waals surface area (Å²) in [6.07, 6.45) is 1.84. The van der Waals surface area contributed by atoms with Crippen molar-refractivity contribution in [3.63, 3.8) is 0 Å². The van der Waals surface area contributed by atoms with Crippen molar-refractivity contribution in [1.29, 1.82) is 0 Å². The zero-order valence-corrected chi connectivity index (χ0v) is 12.2. The monoisotopic (exact) mass is 283 g/mol. The molecule has 0 aromatic heterocycles. The highest BCUT2D eigenvalue weighted by Gasteiger charge is 2.07. The van der Waals surface area contributed by atoms with Crippen LogP contribution in [0.25, 0.3) is 0 Å². The minimum absolute atomic E-state index is 0.103. The first-order valence-electron chi connectivity index (χ1n) is 7.10. The van der Waals surface area contributed by atoms with Crippen LogP contribution in [0.4, 0.5) is 16.2 Å². The molecule has 0 fully saturated rings. The van der Waals surface area contributed by atoms with Gasteiger partial charge < -0.3 is 16.4 Å². The lowest BCUT2D eigenvalue weighted by atomic mass is 10.1. The van der Waals surface area contributed by atoms with Crippen LogP contribution in [0.1, 0.15) is 18.9 Å². The average Bonchev–Trinajstić information content (AvgIpc) is 2.46. The molecule has 2 rings (SSSR count). The highest BCUT2D eigenvalue weighted by Crippen LogP contribution is 2.11. The Morgan fingerprint density at radius 2 is 1.90 bits per heavy atom. The van der Waals surface area contributed by atoms with E-state index in [1.165, 1.54) is 5.56 Å². The first-order valence-corrected chi connectivity index (χ1v) is 7.10. The number of hydrogen-bond donors (Lipinski definition) is 3. The van der Waals surface area contributed by atoms with E-state index in [0.29, 0.717) is 11.4 Å². The van der Waals surface area contributed by atoms with Gasteiger partial charge in [0.15, 0.2) is 0 Å². The lowest BCUT2D eigenvalue weighted by Crippen LogP contribution is -2.36. The molecule has 0 radical (unpaired) electrons. The van der Waals surface area contributed by atoms with E-state index in [4.69, 9.17) is 5.73 Å². The lowest BCUT2D eigenvalue weighted by Gasteiger charge is -2.15. The summed E-state index contributed by atoms with van der Waals surface area (Å²) < 4.78 is 0. The predicted molar refractivity (Wildman–Crippen MR) is 87.2 cm³/mol. The fourth-order valence-electron chi connectivity index (χ4n) is 2.11. The van der Waals surface area contributed by atoms with Crippen molar-refractivity contribution in [1.82, 2.24) is 5.32 Å². The molecule has 0 saturated heterocycles. The van der Waals surface area contributed by atoms with Gasteiger partial charge in [-0.2, -0.15) is 0 Å². The SMILES string of the molecule is CC(CCc1ccccc1)NC(=O)Nc1cccc(N)c1. The minimum Gasteiger partial charge on any atom is -0.399 e. The van der Waals surface area contributed by atoms with Crippen molar-refractivity contribution in [3.05, 3.63) is 60.2 Å². The largest absolute Gasteiger partial charge is 0.399 e. The number of anilines is 2. The number of amides is 2. The predicted octanol–water partition coefficient (Wildman–Crippen LogP) is 3.41. The van der Waals surface area contributed by atoms with Gasteiger partial charge in [-0.15, -0.1) is 0 Å². The van der Waals surface area contributed by atoms with Gasteiger partial charge in [-0.05, 0) is 43.5 Å². The van der Waals surface area contributed by atoms with Crippen LogP contribution in [-0.4, -0.2) is 12.1 Å². The molecule has 0 bridgehead atoms. The second-order valence-electron chi connectivity index (χ2n) is 5.15. The Labute approximate surface area is 125 Å².